The molecule has 0 aliphatic carbocycles. The van der Waals surface area contributed by atoms with Gasteiger partial charge in [0.25, 0.3) is 0 Å². The standard InChI is InChI=1S/C13H30O3Si/c1-9-10-11-17(14-8,15-12(2,3)4)16-13(5,6)7/h9-11H2,1-8H3. The molecule has 0 aliphatic heterocycles. The van der Waals surface area contributed by atoms with Gasteiger partial charge in [0, 0.05) is 13.2 Å². The molecule has 0 N–H and O–H groups in total. The molecule has 0 rings (SSSR count). The van der Waals surface area contributed by atoms with E-state index in [-0.39, 0.29) is 11.2 Å². The Morgan fingerprint density at radius 2 is 1.29 bits per heavy atom. The summed E-state index contributed by atoms with van der Waals surface area (Å²) in [7, 11) is -0.854. The van der Waals surface area contributed by atoms with Crippen LogP contribution >= 0.6 is 0 Å². The average Bonchev–Trinajstić information content (AvgIpc) is 2.09. The van der Waals surface area contributed by atoms with Crippen molar-refractivity contribution in [3.63, 3.8) is 0 Å². The van der Waals surface area contributed by atoms with Gasteiger partial charge in [0.05, 0.1) is 11.2 Å². The molecule has 0 saturated heterocycles. The zero-order valence-electron chi connectivity index (χ0n) is 12.8. The van der Waals surface area contributed by atoms with E-state index in [1.165, 1.54) is 0 Å². The Bertz CT molecular complexity index is 200. The summed E-state index contributed by atoms with van der Waals surface area (Å²) < 4.78 is 18.0. The molecule has 0 unspecified atom stereocenters. The normalized spacial score (nSPS) is 14.1. The fourth-order valence-electron chi connectivity index (χ4n) is 1.63. The third-order valence-corrected chi connectivity index (χ3v) is 5.51. The molecule has 0 heterocycles. The van der Waals surface area contributed by atoms with Crippen molar-refractivity contribution in [1.29, 1.82) is 0 Å². The van der Waals surface area contributed by atoms with Gasteiger partial charge in [-0.25, -0.2) is 0 Å². The predicted molar refractivity (Wildman–Crippen MR) is 74.2 cm³/mol. The molecule has 104 valence electrons. The van der Waals surface area contributed by atoms with E-state index in [4.69, 9.17) is 13.3 Å². The Balaban J connectivity index is 4.87. The summed E-state index contributed by atoms with van der Waals surface area (Å²) in [5.74, 6) is 0. The minimum Gasteiger partial charge on any atom is -0.377 e. The summed E-state index contributed by atoms with van der Waals surface area (Å²) in [5, 5.41) is 0. The summed E-state index contributed by atoms with van der Waals surface area (Å²) in [6.45, 7) is 14.5. The summed E-state index contributed by atoms with van der Waals surface area (Å²) >= 11 is 0. The Morgan fingerprint density at radius 1 is 0.882 bits per heavy atom. The quantitative estimate of drug-likeness (QED) is 0.677. The lowest BCUT2D eigenvalue weighted by molar-refractivity contribution is -0.0366. The first-order valence-corrected chi connectivity index (χ1v) is 8.42. The molecule has 3 nitrogen and oxygen atoms in total. The lowest BCUT2D eigenvalue weighted by Gasteiger charge is -2.39. The van der Waals surface area contributed by atoms with Crippen molar-refractivity contribution in [1.82, 2.24) is 0 Å². The molecule has 0 aromatic carbocycles. The Morgan fingerprint density at radius 3 is 1.53 bits per heavy atom. The van der Waals surface area contributed by atoms with Gasteiger partial charge >= 0.3 is 8.80 Å². The van der Waals surface area contributed by atoms with E-state index in [1.807, 2.05) is 41.5 Å². The molecule has 0 amide bonds. The minimum absolute atomic E-state index is 0.235. The van der Waals surface area contributed by atoms with E-state index in [9.17, 15) is 0 Å². The largest absolute Gasteiger partial charge is 0.501 e. The Kier molecular flexibility index (Phi) is 6.35. The topological polar surface area (TPSA) is 27.7 Å². The molecule has 0 spiro atoms. The summed E-state index contributed by atoms with van der Waals surface area (Å²) in [6, 6.07) is 0.883. The highest BCUT2D eigenvalue weighted by molar-refractivity contribution is 6.60. The monoisotopic (exact) mass is 262 g/mol. The van der Waals surface area contributed by atoms with Crippen molar-refractivity contribution in [3.05, 3.63) is 0 Å². The van der Waals surface area contributed by atoms with Crippen LogP contribution in [0.5, 0.6) is 0 Å². The molecule has 0 aliphatic rings. The maximum Gasteiger partial charge on any atom is 0.501 e. The first-order chi connectivity index (χ1) is 7.54. The summed E-state index contributed by atoms with van der Waals surface area (Å²) in [6.07, 6.45) is 2.20. The molecule has 0 aromatic heterocycles. The number of hydrogen-bond acceptors (Lipinski definition) is 3. The van der Waals surface area contributed by atoms with Crippen LogP contribution in [0.3, 0.4) is 0 Å². The Labute approximate surface area is 108 Å². The van der Waals surface area contributed by atoms with E-state index in [2.05, 4.69) is 6.92 Å². The van der Waals surface area contributed by atoms with Crippen molar-refractivity contribution < 1.29 is 13.3 Å². The predicted octanol–water partition coefficient (Wildman–Crippen LogP) is 4.00. The third-order valence-electron chi connectivity index (χ3n) is 2.07. The molecule has 4 heteroatoms. The van der Waals surface area contributed by atoms with E-state index < -0.39 is 8.80 Å². The first kappa shape index (κ1) is 17.1. The molecular formula is C13H30O3Si. The van der Waals surface area contributed by atoms with Gasteiger partial charge in [-0.1, -0.05) is 13.3 Å². The molecule has 0 saturated carbocycles. The summed E-state index contributed by atoms with van der Waals surface area (Å²) in [5.41, 5.74) is -0.470. The fourth-order valence-corrected chi connectivity index (χ4v) is 4.90. The van der Waals surface area contributed by atoms with E-state index in [1.54, 1.807) is 7.11 Å². The minimum atomic E-state index is -2.56. The molecule has 0 fully saturated rings. The van der Waals surface area contributed by atoms with Crippen LogP contribution in [0.25, 0.3) is 0 Å². The first-order valence-electron chi connectivity index (χ1n) is 6.49. The zero-order valence-corrected chi connectivity index (χ0v) is 13.8. The van der Waals surface area contributed by atoms with Crippen LogP contribution in [0.15, 0.2) is 0 Å². The SMILES string of the molecule is CCCC[Si](OC)(OC(C)(C)C)OC(C)(C)C. The second-order valence-corrected chi connectivity index (χ2v) is 9.10. The van der Waals surface area contributed by atoms with Crippen LogP contribution in [0, 0.1) is 0 Å². The van der Waals surface area contributed by atoms with Gasteiger partial charge in [-0.3, -0.25) is 0 Å². The van der Waals surface area contributed by atoms with E-state index in [0.717, 1.165) is 18.9 Å². The van der Waals surface area contributed by atoms with Gasteiger partial charge in [-0.05, 0) is 48.0 Å². The second-order valence-electron chi connectivity index (χ2n) is 6.42. The summed E-state index contributed by atoms with van der Waals surface area (Å²) in [4.78, 5) is 0. The highest BCUT2D eigenvalue weighted by Crippen LogP contribution is 2.28. The second kappa shape index (κ2) is 6.32. The number of rotatable bonds is 6. The van der Waals surface area contributed by atoms with Gasteiger partial charge in [-0.2, -0.15) is 0 Å². The van der Waals surface area contributed by atoms with Crippen LogP contribution in [-0.2, 0) is 13.3 Å². The van der Waals surface area contributed by atoms with Crippen molar-refractivity contribution in [2.45, 2.75) is 78.6 Å². The molecular weight excluding hydrogens is 232 g/mol. The zero-order chi connectivity index (χ0) is 13.7. The van der Waals surface area contributed by atoms with Gasteiger partial charge < -0.3 is 13.3 Å². The van der Waals surface area contributed by atoms with Crippen molar-refractivity contribution in [2.75, 3.05) is 7.11 Å². The molecule has 0 radical (unpaired) electrons. The lowest BCUT2D eigenvalue weighted by atomic mass is 10.2. The Hall–Kier alpha value is 0.0969. The van der Waals surface area contributed by atoms with Crippen LogP contribution in [0.2, 0.25) is 6.04 Å². The number of hydrogen-bond donors (Lipinski definition) is 0. The van der Waals surface area contributed by atoms with Gasteiger partial charge in [0.15, 0.2) is 0 Å². The number of unbranched alkanes of at least 4 members (excludes halogenated alkanes) is 1. The molecule has 0 aromatic rings. The smallest absolute Gasteiger partial charge is 0.377 e. The van der Waals surface area contributed by atoms with Crippen LogP contribution in [-0.4, -0.2) is 27.1 Å². The molecule has 0 atom stereocenters. The molecule has 0 bridgehead atoms. The third kappa shape index (κ3) is 7.92. The molecule has 17 heavy (non-hydrogen) atoms. The van der Waals surface area contributed by atoms with E-state index in [0.29, 0.717) is 0 Å². The van der Waals surface area contributed by atoms with Crippen LogP contribution < -0.4 is 0 Å². The van der Waals surface area contributed by atoms with Crippen molar-refractivity contribution in [2.24, 2.45) is 0 Å². The fraction of sp³-hybridized carbons (Fsp3) is 1.00. The van der Waals surface area contributed by atoms with E-state index >= 15 is 0 Å². The van der Waals surface area contributed by atoms with Crippen molar-refractivity contribution in [3.8, 4) is 0 Å². The maximum absolute atomic E-state index is 6.15. The van der Waals surface area contributed by atoms with Gasteiger partial charge in [-0.15, -0.1) is 0 Å². The average molecular weight is 262 g/mol. The van der Waals surface area contributed by atoms with Crippen molar-refractivity contribution >= 4 is 8.80 Å². The van der Waals surface area contributed by atoms with Gasteiger partial charge in [0.1, 0.15) is 0 Å². The highest BCUT2D eigenvalue weighted by atomic mass is 28.4. The lowest BCUT2D eigenvalue weighted by Crippen LogP contribution is -2.53. The maximum atomic E-state index is 6.15. The van der Waals surface area contributed by atoms with Crippen LogP contribution in [0.4, 0.5) is 0 Å². The highest BCUT2D eigenvalue weighted by Gasteiger charge is 2.45. The van der Waals surface area contributed by atoms with Crippen LogP contribution in [0.1, 0.15) is 61.3 Å². The van der Waals surface area contributed by atoms with Gasteiger partial charge in [0.2, 0.25) is 0 Å².